The molecule has 2 atom stereocenters. The van der Waals surface area contributed by atoms with Gasteiger partial charge in [-0.2, -0.15) is 0 Å². The van der Waals surface area contributed by atoms with Gasteiger partial charge in [0.1, 0.15) is 0 Å². The van der Waals surface area contributed by atoms with E-state index in [-0.39, 0.29) is 11.8 Å². The lowest BCUT2D eigenvalue weighted by atomic mass is 9.96. The fourth-order valence-electron chi connectivity index (χ4n) is 1.55. The highest BCUT2D eigenvalue weighted by Gasteiger charge is 2.13. The van der Waals surface area contributed by atoms with E-state index in [0.717, 1.165) is 11.1 Å². The van der Waals surface area contributed by atoms with Crippen LogP contribution in [0.5, 0.6) is 0 Å². The first-order valence-corrected chi connectivity index (χ1v) is 5.52. The van der Waals surface area contributed by atoms with Gasteiger partial charge in [0.2, 0.25) is 5.91 Å². The molecule has 0 aromatic heterocycles. The molecular weight excluding hydrogens is 218 g/mol. The number of amides is 1. The molecule has 0 radical (unpaired) electrons. The Kier molecular flexibility index (Phi) is 4.26. The van der Waals surface area contributed by atoms with Crippen LogP contribution in [0.3, 0.4) is 0 Å². The van der Waals surface area contributed by atoms with Crippen molar-refractivity contribution >= 4 is 11.9 Å². The lowest BCUT2D eigenvalue weighted by Crippen LogP contribution is -2.18. The van der Waals surface area contributed by atoms with Crippen LogP contribution < -0.4 is 5.73 Å². The third-order valence-corrected chi connectivity index (χ3v) is 2.87. The third-order valence-electron chi connectivity index (χ3n) is 2.87. The summed E-state index contributed by atoms with van der Waals surface area (Å²) in [6.07, 6.45) is 0.487. The standard InChI is InChI=1S/C13H17NO3/c1-8(13(16)17)7-10-3-5-11(6-4-10)9(2)12(14)15/h3-6,8-9H,7H2,1-2H3,(H2,14,15)(H,16,17). The van der Waals surface area contributed by atoms with E-state index in [2.05, 4.69) is 0 Å². The average Bonchev–Trinajstić information content (AvgIpc) is 2.28. The predicted octanol–water partition coefficient (Wildman–Crippen LogP) is 1.54. The van der Waals surface area contributed by atoms with E-state index in [0.29, 0.717) is 6.42 Å². The van der Waals surface area contributed by atoms with Gasteiger partial charge in [-0.25, -0.2) is 0 Å². The van der Waals surface area contributed by atoms with Gasteiger partial charge in [-0.15, -0.1) is 0 Å². The maximum atomic E-state index is 11.0. The summed E-state index contributed by atoms with van der Waals surface area (Å²) in [6, 6.07) is 7.32. The predicted molar refractivity (Wildman–Crippen MR) is 64.6 cm³/mol. The molecule has 0 heterocycles. The van der Waals surface area contributed by atoms with Crippen molar-refractivity contribution in [2.24, 2.45) is 11.7 Å². The molecule has 17 heavy (non-hydrogen) atoms. The van der Waals surface area contributed by atoms with Crippen LogP contribution in [0.1, 0.15) is 30.9 Å². The van der Waals surface area contributed by atoms with Crippen LogP contribution in [0.15, 0.2) is 24.3 Å². The topological polar surface area (TPSA) is 80.4 Å². The summed E-state index contributed by atoms with van der Waals surface area (Å²) >= 11 is 0. The zero-order valence-corrected chi connectivity index (χ0v) is 10.0. The molecule has 4 nitrogen and oxygen atoms in total. The molecule has 0 bridgehead atoms. The van der Waals surface area contributed by atoms with E-state index in [1.54, 1.807) is 13.8 Å². The first-order valence-electron chi connectivity index (χ1n) is 5.52. The van der Waals surface area contributed by atoms with E-state index >= 15 is 0 Å². The number of hydrogen-bond acceptors (Lipinski definition) is 2. The monoisotopic (exact) mass is 235 g/mol. The summed E-state index contributed by atoms with van der Waals surface area (Å²) in [4.78, 5) is 21.7. The molecule has 0 fully saturated rings. The van der Waals surface area contributed by atoms with E-state index in [9.17, 15) is 9.59 Å². The maximum Gasteiger partial charge on any atom is 0.306 e. The Morgan fingerprint density at radius 2 is 1.76 bits per heavy atom. The highest BCUT2D eigenvalue weighted by molar-refractivity contribution is 5.81. The van der Waals surface area contributed by atoms with Gasteiger partial charge >= 0.3 is 5.97 Å². The van der Waals surface area contributed by atoms with Crippen LogP contribution in [0, 0.1) is 5.92 Å². The number of rotatable bonds is 5. The van der Waals surface area contributed by atoms with E-state index < -0.39 is 11.9 Å². The lowest BCUT2D eigenvalue weighted by Gasteiger charge is -2.10. The fraction of sp³-hybridized carbons (Fsp3) is 0.385. The molecule has 1 rings (SSSR count). The normalized spacial score (nSPS) is 14.0. The molecule has 0 aliphatic rings. The number of carbonyl (C=O) groups is 2. The Morgan fingerprint density at radius 1 is 1.24 bits per heavy atom. The zero-order chi connectivity index (χ0) is 13.0. The van der Waals surface area contributed by atoms with Crippen LogP contribution >= 0.6 is 0 Å². The molecule has 1 aromatic rings. The number of carbonyl (C=O) groups excluding carboxylic acids is 1. The van der Waals surface area contributed by atoms with E-state index in [4.69, 9.17) is 10.8 Å². The molecule has 0 saturated carbocycles. The molecule has 0 aliphatic carbocycles. The number of primary amides is 1. The van der Waals surface area contributed by atoms with Gasteiger partial charge in [0.05, 0.1) is 11.8 Å². The molecule has 92 valence electrons. The first kappa shape index (κ1) is 13.2. The van der Waals surface area contributed by atoms with Gasteiger partial charge in [0.15, 0.2) is 0 Å². The van der Waals surface area contributed by atoms with Gasteiger partial charge in [-0.1, -0.05) is 31.2 Å². The summed E-state index contributed by atoms with van der Waals surface area (Å²) in [7, 11) is 0. The second kappa shape index (κ2) is 5.48. The summed E-state index contributed by atoms with van der Waals surface area (Å²) in [6.45, 7) is 3.42. The molecule has 0 aliphatic heterocycles. The highest BCUT2D eigenvalue weighted by Crippen LogP contribution is 2.17. The van der Waals surface area contributed by atoms with E-state index in [1.165, 1.54) is 0 Å². The molecule has 1 aromatic carbocycles. The van der Waals surface area contributed by atoms with Crippen molar-refractivity contribution < 1.29 is 14.7 Å². The quantitative estimate of drug-likeness (QED) is 0.812. The maximum absolute atomic E-state index is 11.0. The molecular formula is C13H17NO3. The van der Waals surface area contributed by atoms with Crippen molar-refractivity contribution in [1.82, 2.24) is 0 Å². The Balaban J connectivity index is 2.75. The summed E-state index contributed by atoms with van der Waals surface area (Å²) < 4.78 is 0. The number of nitrogens with two attached hydrogens (primary N) is 1. The number of benzene rings is 1. The van der Waals surface area contributed by atoms with Crippen molar-refractivity contribution in [3.63, 3.8) is 0 Å². The summed E-state index contributed by atoms with van der Waals surface area (Å²) in [5.41, 5.74) is 7.01. The van der Waals surface area contributed by atoms with E-state index in [1.807, 2.05) is 24.3 Å². The smallest absolute Gasteiger partial charge is 0.306 e. The van der Waals surface area contributed by atoms with Gasteiger partial charge < -0.3 is 10.8 Å². The molecule has 2 unspecified atom stereocenters. The van der Waals surface area contributed by atoms with Gasteiger partial charge in [-0.3, -0.25) is 9.59 Å². The third kappa shape index (κ3) is 3.59. The Labute approximate surface area is 100 Å². The van der Waals surface area contributed by atoms with Gasteiger partial charge in [-0.05, 0) is 24.5 Å². The number of carboxylic acid groups (broad SMARTS) is 1. The van der Waals surface area contributed by atoms with Crippen LogP contribution in [-0.4, -0.2) is 17.0 Å². The Morgan fingerprint density at radius 3 is 2.18 bits per heavy atom. The molecule has 0 saturated heterocycles. The molecule has 3 N–H and O–H groups in total. The average molecular weight is 235 g/mol. The van der Waals surface area contributed by atoms with Crippen molar-refractivity contribution in [2.45, 2.75) is 26.2 Å². The zero-order valence-electron chi connectivity index (χ0n) is 10.0. The molecule has 0 spiro atoms. The minimum absolute atomic E-state index is 0.319. The summed E-state index contributed by atoms with van der Waals surface area (Å²) in [5.74, 6) is -1.90. The number of carboxylic acids is 1. The molecule has 1 amide bonds. The van der Waals surface area contributed by atoms with Crippen LogP contribution in [0.2, 0.25) is 0 Å². The lowest BCUT2D eigenvalue weighted by molar-refractivity contribution is -0.141. The van der Waals surface area contributed by atoms with Crippen molar-refractivity contribution in [1.29, 1.82) is 0 Å². The fourth-order valence-corrected chi connectivity index (χ4v) is 1.55. The van der Waals surface area contributed by atoms with Crippen molar-refractivity contribution in [3.8, 4) is 0 Å². The first-order chi connectivity index (χ1) is 7.91. The minimum Gasteiger partial charge on any atom is -0.481 e. The summed E-state index contributed by atoms with van der Waals surface area (Å²) in [5, 5.41) is 8.80. The second-order valence-corrected chi connectivity index (χ2v) is 4.31. The number of hydrogen-bond donors (Lipinski definition) is 2. The largest absolute Gasteiger partial charge is 0.481 e. The van der Waals surface area contributed by atoms with Crippen LogP contribution in [0.4, 0.5) is 0 Å². The Hall–Kier alpha value is -1.84. The minimum atomic E-state index is -0.806. The Bertz CT molecular complexity index is 411. The SMILES string of the molecule is CC(Cc1ccc(C(C)C(N)=O)cc1)C(=O)O. The van der Waals surface area contributed by atoms with Crippen LogP contribution in [-0.2, 0) is 16.0 Å². The van der Waals surface area contributed by atoms with Crippen LogP contribution in [0.25, 0.3) is 0 Å². The van der Waals surface area contributed by atoms with Crippen molar-refractivity contribution in [2.75, 3.05) is 0 Å². The van der Waals surface area contributed by atoms with Gasteiger partial charge in [0, 0.05) is 0 Å². The molecule has 4 heteroatoms. The van der Waals surface area contributed by atoms with Crippen molar-refractivity contribution in [3.05, 3.63) is 35.4 Å². The number of aliphatic carboxylic acids is 1. The second-order valence-electron chi connectivity index (χ2n) is 4.31. The van der Waals surface area contributed by atoms with Gasteiger partial charge in [0.25, 0.3) is 0 Å². The highest BCUT2D eigenvalue weighted by atomic mass is 16.4.